The highest BCUT2D eigenvalue weighted by Gasteiger charge is 2.38. The van der Waals surface area contributed by atoms with Gasteiger partial charge in [0.25, 0.3) is 11.8 Å². The Labute approximate surface area is 68.1 Å². The fourth-order valence-electron chi connectivity index (χ4n) is 0.977. The van der Waals surface area contributed by atoms with Gasteiger partial charge in [0, 0.05) is 6.92 Å². The zero-order valence-electron chi connectivity index (χ0n) is 6.40. The average molecular weight is 172 g/mol. The van der Waals surface area contributed by atoms with E-state index < -0.39 is 23.8 Å². The highest BCUT2D eigenvalue weighted by Crippen LogP contribution is 2.09. The van der Waals surface area contributed by atoms with E-state index in [0.29, 0.717) is 0 Å². The molecule has 0 aromatic heterocycles. The molecule has 1 heterocycles. The van der Waals surface area contributed by atoms with Crippen molar-refractivity contribution < 1.29 is 19.6 Å². The molecule has 1 saturated heterocycles. The molecule has 1 rings (SSSR count). The Hall–Kier alpha value is -1.43. The lowest BCUT2D eigenvalue weighted by Gasteiger charge is -2.06. The molecule has 3 amide bonds. The first-order valence-corrected chi connectivity index (χ1v) is 3.35. The second kappa shape index (κ2) is 2.90. The van der Waals surface area contributed by atoms with E-state index in [0.717, 1.165) is 0 Å². The Morgan fingerprint density at radius 2 is 2.25 bits per heavy atom. The molecule has 6 nitrogen and oxygen atoms in total. The van der Waals surface area contributed by atoms with E-state index in [1.165, 1.54) is 6.92 Å². The average Bonchev–Trinajstić information content (AvgIpc) is 2.17. The van der Waals surface area contributed by atoms with E-state index in [1.54, 1.807) is 0 Å². The SMILES string of the molecule is CC(=O)NC1CC(=O)N(O)C1=O. The summed E-state index contributed by atoms with van der Waals surface area (Å²) in [6.07, 6.45) is -0.172. The monoisotopic (exact) mass is 172 g/mol. The van der Waals surface area contributed by atoms with Crippen molar-refractivity contribution in [3.63, 3.8) is 0 Å². The van der Waals surface area contributed by atoms with Gasteiger partial charge in [0.15, 0.2) is 0 Å². The summed E-state index contributed by atoms with van der Waals surface area (Å²) in [6, 6.07) is -0.903. The number of imide groups is 1. The van der Waals surface area contributed by atoms with Crippen LogP contribution in [-0.4, -0.2) is 34.0 Å². The number of amides is 3. The van der Waals surface area contributed by atoms with E-state index >= 15 is 0 Å². The fraction of sp³-hybridized carbons (Fsp3) is 0.500. The first-order chi connectivity index (χ1) is 5.52. The Bertz CT molecular complexity index is 248. The Morgan fingerprint density at radius 3 is 2.58 bits per heavy atom. The maximum Gasteiger partial charge on any atom is 0.276 e. The van der Waals surface area contributed by atoms with Gasteiger partial charge in [-0.2, -0.15) is 5.06 Å². The van der Waals surface area contributed by atoms with E-state index in [4.69, 9.17) is 5.21 Å². The molecule has 0 spiro atoms. The van der Waals surface area contributed by atoms with Crippen LogP contribution < -0.4 is 5.32 Å². The normalized spacial score (nSPS) is 23.2. The summed E-state index contributed by atoms with van der Waals surface area (Å²) in [4.78, 5) is 32.1. The number of hydrogen-bond donors (Lipinski definition) is 2. The Morgan fingerprint density at radius 1 is 1.67 bits per heavy atom. The molecular formula is C6H8N2O4. The van der Waals surface area contributed by atoms with Crippen molar-refractivity contribution in [3.8, 4) is 0 Å². The molecule has 1 atom stereocenters. The van der Waals surface area contributed by atoms with Gasteiger partial charge in [-0.05, 0) is 0 Å². The molecule has 66 valence electrons. The van der Waals surface area contributed by atoms with Crippen LogP contribution in [0.5, 0.6) is 0 Å². The third-order valence-corrected chi connectivity index (χ3v) is 1.50. The van der Waals surface area contributed by atoms with Gasteiger partial charge in [0.1, 0.15) is 6.04 Å². The van der Waals surface area contributed by atoms with Crippen molar-refractivity contribution in [2.24, 2.45) is 0 Å². The molecule has 6 heteroatoms. The van der Waals surface area contributed by atoms with Crippen LogP contribution in [0.1, 0.15) is 13.3 Å². The van der Waals surface area contributed by atoms with E-state index in [1.807, 2.05) is 0 Å². The van der Waals surface area contributed by atoms with Crippen molar-refractivity contribution in [2.45, 2.75) is 19.4 Å². The summed E-state index contributed by atoms with van der Waals surface area (Å²) in [5.74, 6) is -1.88. The van der Waals surface area contributed by atoms with Crippen LogP contribution in [0, 0.1) is 0 Å². The fourth-order valence-corrected chi connectivity index (χ4v) is 0.977. The molecule has 0 saturated carbocycles. The summed E-state index contributed by atoms with van der Waals surface area (Å²) >= 11 is 0. The Balaban J connectivity index is 2.65. The second-order valence-corrected chi connectivity index (χ2v) is 2.50. The minimum Gasteiger partial charge on any atom is -0.344 e. The van der Waals surface area contributed by atoms with Gasteiger partial charge in [0.2, 0.25) is 5.91 Å². The van der Waals surface area contributed by atoms with Gasteiger partial charge in [0.05, 0.1) is 6.42 Å². The zero-order chi connectivity index (χ0) is 9.30. The predicted molar refractivity (Wildman–Crippen MR) is 35.9 cm³/mol. The third kappa shape index (κ3) is 1.42. The van der Waals surface area contributed by atoms with E-state index in [2.05, 4.69) is 5.32 Å². The number of nitrogens with one attached hydrogen (secondary N) is 1. The molecule has 1 unspecified atom stereocenters. The molecule has 2 N–H and O–H groups in total. The smallest absolute Gasteiger partial charge is 0.276 e. The molecule has 0 aliphatic carbocycles. The highest BCUT2D eigenvalue weighted by molar-refractivity contribution is 6.05. The van der Waals surface area contributed by atoms with Crippen molar-refractivity contribution in [1.29, 1.82) is 0 Å². The molecule has 1 aliphatic rings. The van der Waals surface area contributed by atoms with Crippen molar-refractivity contribution in [1.82, 2.24) is 10.4 Å². The Kier molecular flexibility index (Phi) is 2.09. The van der Waals surface area contributed by atoms with Gasteiger partial charge < -0.3 is 5.32 Å². The molecule has 12 heavy (non-hydrogen) atoms. The predicted octanol–water partition coefficient (Wildman–Crippen LogP) is -1.36. The first kappa shape index (κ1) is 8.66. The van der Waals surface area contributed by atoms with Gasteiger partial charge in [-0.25, -0.2) is 0 Å². The summed E-state index contributed by atoms with van der Waals surface area (Å²) < 4.78 is 0. The maximum atomic E-state index is 10.9. The lowest BCUT2D eigenvalue weighted by molar-refractivity contribution is -0.171. The van der Waals surface area contributed by atoms with Crippen LogP contribution in [0.3, 0.4) is 0 Å². The van der Waals surface area contributed by atoms with Gasteiger partial charge >= 0.3 is 0 Å². The molecular weight excluding hydrogens is 164 g/mol. The van der Waals surface area contributed by atoms with Crippen molar-refractivity contribution in [3.05, 3.63) is 0 Å². The quantitative estimate of drug-likeness (QED) is 0.377. The largest absolute Gasteiger partial charge is 0.344 e. The van der Waals surface area contributed by atoms with Gasteiger partial charge in [-0.1, -0.05) is 0 Å². The maximum absolute atomic E-state index is 10.9. The highest BCUT2D eigenvalue weighted by atomic mass is 16.5. The van der Waals surface area contributed by atoms with Gasteiger partial charge in [-0.3, -0.25) is 19.6 Å². The second-order valence-electron chi connectivity index (χ2n) is 2.50. The van der Waals surface area contributed by atoms with Crippen LogP contribution in [0.4, 0.5) is 0 Å². The molecule has 0 aromatic rings. The zero-order valence-corrected chi connectivity index (χ0v) is 6.40. The topological polar surface area (TPSA) is 86.7 Å². The number of carbonyl (C=O) groups excluding carboxylic acids is 3. The standard InChI is InChI=1S/C6H8N2O4/c1-3(9)7-4-2-5(10)8(12)6(4)11/h4,12H,2H2,1H3,(H,7,9). The molecule has 0 aromatic carbocycles. The summed E-state index contributed by atoms with van der Waals surface area (Å²) in [5, 5.41) is 11.0. The third-order valence-electron chi connectivity index (χ3n) is 1.50. The lowest BCUT2D eigenvalue weighted by atomic mass is 10.2. The van der Waals surface area contributed by atoms with Crippen LogP contribution in [0.2, 0.25) is 0 Å². The lowest BCUT2D eigenvalue weighted by Crippen LogP contribution is -2.39. The van der Waals surface area contributed by atoms with Crippen LogP contribution in [0.15, 0.2) is 0 Å². The number of hydroxylamine groups is 2. The first-order valence-electron chi connectivity index (χ1n) is 3.35. The van der Waals surface area contributed by atoms with Crippen LogP contribution in [-0.2, 0) is 14.4 Å². The minimum atomic E-state index is -0.903. The summed E-state index contributed by atoms with van der Waals surface area (Å²) in [5.41, 5.74) is 0. The van der Waals surface area contributed by atoms with E-state index in [-0.39, 0.29) is 11.5 Å². The van der Waals surface area contributed by atoms with Crippen LogP contribution in [0.25, 0.3) is 0 Å². The number of hydrogen-bond acceptors (Lipinski definition) is 4. The van der Waals surface area contributed by atoms with Crippen molar-refractivity contribution in [2.75, 3.05) is 0 Å². The number of carbonyl (C=O) groups is 3. The molecule has 1 fully saturated rings. The minimum absolute atomic E-state index is 0.0284. The van der Waals surface area contributed by atoms with Crippen LogP contribution >= 0.6 is 0 Å². The summed E-state index contributed by atoms with van der Waals surface area (Å²) in [6.45, 7) is 1.23. The number of rotatable bonds is 1. The molecule has 1 aliphatic heterocycles. The van der Waals surface area contributed by atoms with E-state index in [9.17, 15) is 14.4 Å². The molecule has 0 bridgehead atoms. The van der Waals surface area contributed by atoms with Gasteiger partial charge in [-0.15, -0.1) is 0 Å². The summed E-state index contributed by atoms with van der Waals surface area (Å²) in [7, 11) is 0. The van der Waals surface area contributed by atoms with Crippen molar-refractivity contribution >= 4 is 17.7 Å². The molecule has 0 radical (unpaired) electrons. The number of nitrogens with zero attached hydrogens (tertiary/aromatic N) is 1.